The first-order chi connectivity index (χ1) is 29.8. The van der Waals surface area contributed by atoms with E-state index in [1.54, 1.807) is 0 Å². The first-order valence-corrected chi connectivity index (χ1v) is 20.8. The molecule has 280 valence electrons. The molecule has 0 atom stereocenters. The van der Waals surface area contributed by atoms with Gasteiger partial charge in [-0.2, -0.15) is 0 Å². The molecule has 0 saturated carbocycles. The third-order valence-corrected chi connectivity index (χ3v) is 12.9. The molecule has 12 rings (SSSR count). The SMILES string of the molecule is c1ccc(-c2ccc(N(c3ccc(-c4ccccc4)cc3)c3ccc(-c4cc5c(c6ccccc46)-c4ccccc4C54c5ccccc5-c5ccccc54)cc3)cc2)cc1. The van der Waals surface area contributed by atoms with Crippen molar-refractivity contribution in [1.82, 2.24) is 0 Å². The molecular formula is C59H39N. The van der Waals surface area contributed by atoms with Crippen LogP contribution in [0.4, 0.5) is 17.1 Å². The van der Waals surface area contributed by atoms with Crippen molar-refractivity contribution in [3.63, 3.8) is 0 Å². The molecule has 0 bridgehead atoms. The maximum absolute atomic E-state index is 2.52. The van der Waals surface area contributed by atoms with Gasteiger partial charge in [-0.25, -0.2) is 0 Å². The lowest BCUT2D eigenvalue weighted by Gasteiger charge is -2.31. The van der Waals surface area contributed by atoms with E-state index in [1.807, 2.05) is 0 Å². The molecule has 10 aromatic carbocycles. The summed E-state index contributed by atoms with van der Waals surface area (Å²) in [6.07, 6.45) is 0. The Morgan fingerprint density at radius 3 is 1.12 bits per heavy atom. The van der Waals surface area contributed by atoms with Gasteiger partial charge in [0.05, 0.1) is 5.41 Å². The lowest BCUT2D eigenvalue weighted by molar-refractivity contribution is 0.794. The molecule has 0 N–H and O–H groups in total. The van der Waals surface area contributed by atoms with E-state index < -0.39 is 5.41 Å². The van der Waals surface area contributed by atoms with Gasteiger partial charge in [-0.05, 0) is 131 Å². The minimum absolute atomic E-state index is 0.410. The molecular weight excluding hydrogens is 723 g/mol. The third-order valence-electron chi connectivity index (χ3n) is 12.9. The molecule has 0 aliphatic heterocycles. The maximum atomic E-state index is 2.52. The van der Waals surface area contributed by atoms with Gasteiger partial charge in [0.15, 0.2) is 0 Å². The van der Waals surface area contributed by atoms with Crippen molar-refractivity contribution >= 4 is 27.8 Å². The van der Waals surface area contributed by atoms with E-state index in [1.165, 1.54) is 88.7 Å². The number of hydrogen-bond acceptors (Lipinski definition) is 1. The van der Waals surface area contributed by atoms with Crippen LogP contribution in [0, 0.1) is 0 Å². The second-order valence-electron chi connectivity index (χ2n) is 16.0. The number of fused-ring (bicyclic) bond motifs is 12. The highest BCUT2D eigenvalue weighted by Gasteiger charge is 2.52. The lowest BCUT2D eigenvalue weighted by Crippen LogP contribution is -2.25. The van der Waals surface area contributed by atoms with Crippen molar-refractivity contribution in [1.29, 1.82) is 0 Å². The zero-order chi connectivity index (χ0) is 39.6. The van der Waals surface area contributed by atoms with E-state index >= 15 is 0 Å². The van der Waals surface area contributed by atoms with Crippen molar-refractivity contribution in [3.05, 3.63) is 259 Å². The first kappa shape index (κ1) is 34.3. The lowest BCUT2D eigenvalue weighted by atomic mass is 9.70. The van der Waals surface area contributed by atoms with E-state index in [9.17, 15) is 0 Å². The Morgan fingerprint density at radius 2 is 0.617 bits per heavy atom. The molecule has 1 nitrogen and oxygen atoms in total. The van der Waals surface area contributed by atoms with Crippen LogP contribution in [0.15, 0.2) is 237 Å². The van der Waals surface area contributed by atoms with Crippen LogP contribution in [-0.4, -0.2) is 0 Å². The van der Waals surface area contributed by atoms with Gasteiger partial charge in [-0.15, -0.1) is 0 Å². The van der Waals surface area contributed by atoms with E-state index in [0.29, 0.717) is 0 Å². The van der Waals surface area contributed by atoms with Gasteiger partial charge >= 0.3 is 0 Å². The molecule has 0 amide bonds. The number of rotatable bonds is 6. The Bertz CT molecular complexity index is 3090. The quantitative estimate of drug-likeness (QED) is 0.163. The van der Waals surface area contributed by atoms with Gasteiger partial charge in [-0.1, -0.05) is 194 Å². The summed E-state index contributed by atoms with van der Waals surface area (Å²) >= 11 is 0. The van der Waals surface area contributed by atoms with Crippen molar-refractivity contribution in [2.75, 3.05) is 4.90 Å². The highest BCUT2D eigenvalue weighted by molar-refractivity contribution is 6.11. The molecule has 0 heterocycles. The van der Waals surface area contributed by atoms with Gasteiger partial charge in [0.1, 0.15) is 0 Å². The predicted molar refractivity (Wildman–Crippen MR) is 251 cm³/mol. The van der Waals surface area contributed by atoms with Crippen LogP contribution in [0.2, 0.25) is 0 Å². The fourth-order valence-electron chi connectivity index (χ4n) is 10.3. The molecule has 1 spiro atoms. The zero-order valence-electron chi connectivity index (χ0n) is 33.0. The Kier molecular flexibility index (Phi) is 7.83. The van der Waals surface area contributed by atoms with Crippen LogP contribution in [0.25, 0.3) is 66.4 Å². The molecule has 60 heavy (non-hydrogen) atoms. The average Bonchev–Trinajstić information content (AvgIpc) is 3.80. The summed E-state index contributed by atoms with van der Waals surface area (Å²) in [6.45, 7) is 0. The maximum Gasteiger partial charge on any atom is 0.0725 e. The van der Waals surface area contributed by atoms with Crippen LogP contribution < -0.4 is 4.90 Å². The van der Waals surface area contributed by atoms with E-state index in [-0.39, 0.29) is 0 Å². The first-order valence-electron chi connectivity index (χ1n) is 20.8. The molecule has 0 unspecified atom stereocenters. The average molecular weight is 762 g/mol. The van der Waals surface area contributed by atoms with Crippen LogP contribution in [0.1, 0.15) is 22.3 Å². The highest BCUT2D eigenvalue weighted by atomic mass is 15.1. The Morgan fingerprint density at radius 1 is 0.250 bits per heavy atom. The van der Waals surface area contributed by atoms with Gasteiger partial charge in [0.2, 0.25) is 0 Å². The topological polar surface area (TPSA) is 3.24 Å². The normalized spacial score (nSPS) is 12.8. The predicted octanol–water partition coefficient (Wildman–Crippen LogP) is 15.7. The van der Waals surface area contributed by atoms with Crippen molar-refractivity contribution in [2.45, 2.75) is 5.41 Å². The summed E-state index contributed by atoms with van der Waals surface area (Å²) in [5.74, 6) is 0. The molecule has 0 fully saturated rings. The van der Waals surface area contributed by atoms with Crippen LogP contribution in [0.3, 0.4) is 0 Å². The Hall–Kier alpha value is -7.74. The Labute approximate surface area is 351 Å². The largest absolute Gasteiger partial charge is 0.311 e. The van der Waals surface area contributed by atoms with Gasteiger partial charge < -0.3 is 4.90 Å². The molecule has 2 aliphatic carbocycles. The van der Waals surface area contributed by atoms with Gasteiger partial charge in [-0.3, -0.25) is 0 Å². The minimum Gasteiger partial charge on any atom is -0.311 e. The van der Waals surface area contributed by atoms with Gasteiger partial charge in [0.25, 0.3) is 0 Å². The molecule has 0 radical (unpaired) electrons. The number of hydrogen-bond donors (Lipinski definition) is 0. The summed E-state index contributed by atoms with van der Waals surface area (Å²) in [7, 11) is 0. The zero-order valence-corrected chi connectivity index (χ0v) is 33.0. The molecule has 2 aliphatic rings. The van der Waals surface area contributed by atoms with E-state index in [2.05, 4.69) is 241 Å². The summed E-state index contributed by atoms with van der Waals surface area (Å²) in [6, 6.07) is 87.1. The van der Waals surface area contributed by atoms with Crippen LogP contribution in [0.5, 0.6) is 0 Å². The second-order valence-corrected chi connectivity index (χ2v) is 16.0. The van der Waals surface area contributed by atoms with Gasteiger partial charge in [0, 0.05) is 17.1 Å². The number of anilines is 3. The minimum atomic E-state index is -0.410. The molecule has 1 heteroatoms. The number of benzene rings is 10. The fourth-order valence-corrected chi connectivity index (χ4v) is 10.3. The van der Waals surface area contributed by atoms with E-state index in [4.69, 9.17) is 0 Å². The number of nitrogens with zero attached hydrogens (tertiary/aromatic N) is 1. The van der Waals surface area contributed by atoms with Crippen LogP contribution in [-0.2, 0) is 5.41 Å². The smallest absolute Gasteiger partial charge is 0.0725 e. The van der Waals surface area contributed by atoms with E-state index in [0.717, 1.165) is 17.1 Å². The van der Waals surface area contributed by atoms with Crippen molar-refractivity contribution in [2.24, 2.45) is 0 Å². The second kappa shape index (κ2) is 13.7. The third kappa shape index (κ3) is 5.13. The molecule has 10 aromatic rings. The van der Waals surface area contributed by atoms with Crippen molar-refractivity contribution < 1.29 is 0 Å². The fraction of sp³-hybridized carbons (Fsp3) is 0.0169. The van der Waals surface area contributed by atoms with Crippen molar-refractivity contribution in [3.8, 4) is 55.6 Å². The molecule has 0 saturated heterocycles. The Balaban J connectivity index is 1.02. The summed E-state index contributed by atoms with van der Waals surface area (Å²) in [5, 5.41) is 2.55. The summed E-state index contributed by atoms with van der Waals surface area (Å²) in [5.41, 5.74) is 20.9. The summed E-state index contributed by atoms with van der Waals surface area (Å²) < 4.78 is 0. The highest BCUT2D eigenvalue weighted by Crippen LogP contribution is 2.64. The summed E-state index contributed by atoms with van der Waals surface area (Å²) in [4.78, 5) is 2.37. The monoisotopic (exact) mass is 761 g/mol. The standard InChI is InChI=1S/C59H39N/c1-3-15-40(16-4-1)42-27-33-45(34-28-42)60(46-35-29-43(30-36-46)41-17-5-2-6-18-41)47-37-31-44(32-38-47)53-39-57-58(51-22-8-7-19-48(51)53)52-23-11-14-26-56(52)59(57)54-24-12-9-20-49(54)50-21-10-13-25-55(50)59/h1-39H. The molecule has 0 aromatic heterocycles. The van der Waals surface area contributed by atoms with Crippen LogP contribution >= 0.6 is 0 Å².